The van der Waals surface area contributed by atoms with Crippen molar-refractivity contribution in [3.05, 3.63) is 48.6 Å². The van der Waals surface area contributed by atoms with Gasteiger partial charge in [0.25, 0.3) is 0 Å². The molecule has 0 spiro atoms. The molecule has 1 rings (SSSR count). The molecular weight excluding hydrogens is 228 g/mol. The number of carbonyl (C=O) groups excluding carboxylic acids is 1. The number of carbonyl (C=O) groups is 1. The van der Waals surface area contributed by atoms with Crippen molar-refractivity contribution >= 4 is 5.97 Å². The van der Waals surface area contributed by atoms with E-state index in [1.54, 1.807) is 19.9 Å². The molecule has 1 atom stereocenters. The van der Waals surface area contributed by atoms with E-state index in [4.69, 9.17) is 4.74 Å². The molecule has 0 saturated heterocycles. The highest BCUT2D eigenvalue weighted by atomic mass is 16.5. The number of benzene rings is 1. The van der Waals surface area contributed by atoms with E-state index in [2.05, 4.69) is 6.58 Å². The largest absolute Gasteiger partial charge is 0.463 e. The fraction of sp³-hybridized carbons (Fsp3) is 0.400. The molecule has 0 bridgehead atoms. The molecule has 3 nitrogen and oxygen atoms in total. The SMILES string of the molecule is C=CC(C)(C)C(O)C(=O)OCCc1ccccc1. The average molecular weight is 248 g/mol. The van der Waals surface area contributed by atoms with Gasteiger partial charge in [-0.3, -0.25) is 0 Å². The first-order chi connectivity index (χ1) is 8.47. The summed E-state index contributed by atoms with van der Waals surface area (Å²) in [5, 5.41) is 9.80. The summed E-state index contributed by atoms with van der Waals surface area (Å²) in [6, 6.07) is 9.75. The van der Waals surface area contributed by atoms with Crippen LogP contribution in [0.15, 0.2) is 43.0 Å². The number of aliphatic hydroxyl groups excluding tert-OH is 1. The predicted molar refractivity (Wildman–Crippen MR) is 71.1 cm³/mol. The first-order valence-corrected chi connectivity index (χ1v) is 5.99. The number of aliphatic hydroxyl groups is 1. The Balaban J connectivity index is 2.40. The fourth-order valence-corrected chi connectivity index (χ4v) is 1.41. The van der Waals surface area contributed by atoms with Crippen molar-refractivity contribution in [2.45, 2.75) is 26.4 Å². The van der Waals surface area contributed by atoms with E-state index in [0.29, 0.717) is 6.42 Å². The lowest BCUT2D eigenvalue weighted by molar-refractivity contribution is -0.158. The molecule has 0 fully saturated rings. The Labute approximate surface area is 108 Å². The van der Waals surface area contributed by atoms with Crippen LogP contribution in [0.2, 0.25) is 0 Å². The Morgan fingerprint density at radius 3 is 2.61 bits per heavy atom. The molecule has 3 heteroatoms. The van der Waals surface area contributed by atoms with Crippen molar-refractivity contribution in [2.75, 3.05) is 6.61 Å². The van der Waals surface area contributed by atoms with Crippen LogP contribution in [0.4, 0.5) is 0 Å². The topological polar surface area (TPSA) is 46.5 Å². The summed E-state index contributed by atoms with van der Waals surface area (Å²) in [7, 11) is 0. The van der Waals surface area contributed by atoms with Crippen LogP contribution in [-0.2, 0) is 16.0 Å². The van der Waals surface area contributed by atoms with Gasteiger partial charge in [0.1, 0.15) is 0 Å². The zero-order valence-corrected chi connectivity index (χ0v) is 10.9. The summed E-state index contributed by atoms with van der Waals surface area (Å²) in [6.45, 7) is 7.35. The van der Waals surface area contributed by atoms with Gasteiger partial charge < -0.3 is 9.84 Å². The zero-order valence-electron chi connectivity index (χ0n) is 10.9. The van der Waals surface area contributed by atoms with Crippen molar-refractivity contribution in [3.8, 4) is 0 Å². The third-order valence-corrected chi connectivity index (χ3v) is 2.93. The van der Waals surface area contributed by atoms with Crippen molar-refractivity contribution < 1.29 is 14.6 Å². The summed E-state index contributed by atoms with van der Waals surface area (Å²) in [4.78, 5) is 11.6. The molecule has 0 radical (unpaired) electrons. The van der Waals surface area contributed by atoms with Gasteiger partial charge in [0, 0.05) is 11.8 Å². The number of hydrogen-bond donors (Lipinski definition) is 1. The zero-order chi connectivity index (χ0) is 13.6. The summed E-state index contributed by atoms with van der Waals surface area (Å²) in [6.07, 6.45) is 1.02. The summed E-state index contributed by atoms with van der Waals surface area (Å²) in [5.74, 6) is -0.601. The number of esters is 1. The Morgan fingerprint density at radius 1 is 1.44 bits per heavy atom. The quantitative estimate of drug-likeness (QED) is 0.621. The summed E-state index contributed by atoms with van der Waals surface area (Å²) >= 11 is 0. The van der Waals surface area contributed by atoms with E-state index < -0.39 is 17.5 Å². The lowest BCUT2D eigenvalue weighted by Gasteiger charge is -2.24. The molecule has 98 valence electrons. The van der Waals surface area contributed by atoms with Gasteiger partial charge in [0.15, 0.2) is 6.10 Å². The van der Waals surface area contributed by atoms with E-state index in [9.17, 15) is 9.90 Å². The minimum atomic E-state index is -1.18. The van der Waals surface area contributed by atoms with Gasteiger partial charge in [0.2, 0.25) is 0 Å². The summed E-state index contributed by atoms with van der Waals surface area (Å²) in [5.41, 5.74) is 0.423. The highest BCUT2D eigenvalue weighted by Crippen LogP contribution is 2.22. The monoisotopic (exact) mass is 248 g/mol. The van der Waals surface area contributed by atoms with Crippen LogP contribution >= 0.6 is 0 Å². The Morgan fingerprint density at radius 2 is 2.06 bits per heavy atom. The van der Waals surface area contributed by atoms with Gasteiger partial charge >= 0.3 is 5.97 Å². The molecule has 1 aromatic carbocycles. The number of hydrogen-bond acceptors (Lipinski definition) is 3. The Kier molecular flexibility index (Phi) is 5.10. The third kappa shape index (κ3) is 4.00. The molecule has 0 aromatic heterocycles. The second-order valence-electron chi connectivity index (χ2n) is 4.83. The van der Waals surface area contributed by atoms with E-state index in [1.807, 2.05) is 30.3 Å². The molecule has 18 heavy (non-hydrogen) atoms. The van der Waals surface area contributed by atoms with E-state index in [-0.39, 0.29) is 6.61 Å². The fourth-order valence-electron chi connectivity index (χ4n) is 1.41. The molecule has 1 aromatic rings. The second-order valence-corrected chi connectivity index (χ2v) is 4.83. The molecule has 0 aliphatic carbocycles. The van der Waals surface area contributed by atoms with Gasteiger partial charge in [-0.05, 0) is 5.56 Å². The van der Waals surface area contributed by atoms with Crippen molar-refractivity contribution in [1.29, 1.82) is 0 Å². The van der Waals surface area contributed by atoms with Gasteiger partial charge in [-0.15, -0.1) is 6.58 Å². The average Bonchev–Trinajstić information content (AvgIpc) is 2.39. The smallest absolute Gasteiger partial charge is 0.335 e. The minimum Gasteiger partial charge on any atom is -0.463 e. The van der Waals surface area contributed by atoms with Crippen molar-refractivity contribution in [2.24, 2.45) is 5.41 Å². The summed E-state index contributed by atoms with van der Waals surface area (Å²) < 4.78 is 5.06. The maximum Gasteiger partial charge on any atom is 0.335 e. The predicted octanol–water partition coefficient (Wildman–Crippen LogP) is 2.35. The standard InChI is InChI=1S/C15H20O3/c1-4-15(2,3)13(16)14(17)18-11-10-12-8-6-5-7-9-12/h4-9,13,16H,1,10-11H2,2-3H3. The lowest BCUT2D eigenvalue weighted by Crippen LogP contribution is -2.36. The van der Waals surface area contributed by atoms with Crippen LogP contribution in [0, 0.1) is 5.41 Å². The van der Waals surface area contributed by atoms with Crippen molar-refractivity contribution in [1.82, 2.24) is 0 Å². The number of rotatable bonds is 6. The molecule has 0 aliphatic rings. The maximum atomic E-state index is 11.6. The molecule has 0 aliphatic heterocycles. The normalized spacial score (nSPS) is 12.8. The second kappa shape index (κ2) is 6.36. The first kappa shape index (κ1) is 14.5. The van der Waals surface area contributed by atoms with E-state index >= 15 is 0 Å². The molecular formula is C15H20O3. The highest BCUT2D eigenvalue weighted by molar-refractivity contribution is 5.75. The molecule has 1 unspecified atom stereocenters. The van der Waals surface area contributed by atoms with Crippen LogP contribution in [0.5, 0.6) is 0 Å². The van der Waals surface area contributed by atoms with E-state index in [1.165, 1.54) is 0 Å². The Hall–Kier alpha value is -1.61. The lowest BCUT2D eigenvalue weighted by atomic mass is 9.87. The van der Waals surface area contributed by atoms with Crippen LogP contribution in [0.3, 0.4) is 0 Å². The van der Waals surface area contributed by atoms with Crippen LogP contribution in [0.1, 0.15) is 19.4 Å². The molecule has 0 saturated carbocycles. The van der Waals surface area contributed by atoms with Crippen LogP contribution in [0.25, 0.3) is 0 Å². The first-order valence-electron chi connectivity index (χ1n) is 5.99. The molecule has 0 heterocycles. The van der Waals surface area contributed by atoms with Crippen molar-refractivity contribution in [3.63, 3.8) is 0 Å². The van der Waals surface area contributed by atoms with Gasteiger partial charge in [-0.25, -0.2) is 4.79 Å². The highest BCUT2D eigenvalue weighted by Gasteiger charge is 2.31. The van der Waals surface area contributed by atoms with Gasteiger partial charge in [0.05, 0.1) is 6.61 Å². The van der Waals surface area contributed by atoms with Gasteiger partial charge in [-0.2, -0.15) is 0 Å². The Bertz CT molecular complexity index is 395. The maximum absolute atomic E-state index is 11.6. The third-order valence-electron chi connectivity index (χ3n) is 2.93. The van der Waals surface area contributed by atoms with Gasteiger partial charge in [-0.1, -0.05) is 50.3 Å². The number of ether oxygens (including phenoxy) is 1. The molecule has 1 N–H and O–H groups in total. The van der Waals surface area contributed by atoms with Crippen LogP contribution in [-0.4, -0.2) is 23.8 Å². The molecule has 0 amide bonds. The van der Waals surface area contributed by atoms with Crippen LogP contribution < -0.4 is 0 Å². The minimum absolute atomic E-state index is 0.271. The van der Waals surface area contributed by atoms with E-state index in [0.717, 1.165) is 5.56 Å².